The minimum absolute atomic E-state index is 0.0767. The summed E-state index contributed by atoms with van der Waals surface area (Å²) >= 11 is 0. The highest BCUT2D eigenvalue weighted by Crippen LogP contribution is 2.07. The fourth-order valence-electron chi connectivity index (χ4n) is 1.29. The Labute approximate surface area is 112 Å². The highest BCUT2D eigenvalue weighted by Gasteiger charge is 2.03. The van der Waals surface area contributed by atoms with Crippen LogP contribution in [0, 0.1) is 5.82 Å². The number of nitrogens with zero attached hydrogens (tertiary/aromatic N) is 1. The zero-order valence-electron chi connectivity index (χ0n) is 11.1. The predicted octanol–water partition coefficient (Wildman–Crippen LogP) is 1.47. The molecule has 0 heterocycles. The third-order valence-electron chi connectivity index (χ3n) is 2.53. The average molecular weight is 266 g/mol. The summed E-state index contributed by atoms with van der Waals surface area (Å²) in [5.74, 6) is -0.415. The molecule has 0 aromatic heterocycles. The summed E-state index contributed by atoms with van der Waals surface area (Å²) in [6.45, 7) is 3.92. The van der Waals surface area contributed by atoms with Crippen LogP contribution < -0.4 is 16.4 Å². The number of guanidine groups is 1. The highest BCUT2D eigenvalue weighted by atomic mass is 19.1. The Kier molecular flexibility index (Phi) is 5.78. The molecule has 1 atom stereocenters. The average Bonchev–Trinajstić information content (AvgIpc) is 2.39. The lowest BCUT2D eigenvalue weighted by Crippen LogP contribution is -2.38. The maximum Gasteiger partial charge on any atom is 0.246 e. The van der Waals surface area contributed by atoms with Gasteiger partial charge in [-0.3, -0.25) is 4.79 Å². The molecule has 5 nitrogen and oxygen atoms in total. The van der Waals surface area contributed by atoms with Crippen LogP contribution in [0.5, 0.6) is 0 Å². The van der Waals surface area contributed by atoms with Crippen LogP contribution in [0.15, 0.2) is 29.3 Å². The molecule has 0 fully saturated rings. The van der Waals surface area contributed by atoms with E-state index in [9.17, 15) is 9.18 Å². The molecule has 0 saturated heterocycles. The monoisotopic (exact) mass is 266 g/mol. The van der Waals surface area contributed by atoms with E-state index in [1.165, 1.54) is 24.3 Å². The summed E-state index contributed by atoms with van der Waals surface area (Å²) in [5.41, 5.74) is 6.14. The van der Waals surface area contributed by atoms with E-state index < -0.39 is 0 Å². The number of anilines is 1. The first-order valence-corrected chi connectivity index (χ1v) is 6.13. The Hall–Kier alpha value is -2.11. The van der Waals surface area contributed by atoms with Gasteiger partial charge in [-0.2, -0.15) is 0 Å². The fraction of sp³-hybridized carbons (Fsp3) is 0.385. The summed E-state index contributed by atoms with van der Waals surface area (Å²) in [6, 6.07) is 5.73. The molecule has 1 unspecified atom stereocenters. The third-order valence-corrected chi connectivity index (χ3v) is 2.53. The minimum atomic E-state index is -0.349. The number of amides is 1. The molecule has 19 heavy (non-hydrogen) atoms. The van der Waals surface area contributed by atoms with Gasteiger partial charge in [-0.15, -0.1) is 0 Å². The molecule has 0 aliphatic heterocycles. The summed E-state index contributed by atoms with van der Waals surface area (Å²) in [6.07, 6.45) is 0.915. The molecule has 0 aliphatic rings. The molecular weight excluding hydrogens is 247 g/mol. The second kappa shape index (κ2) is 7.35. The Morgan fingerprint density at radius 2 is 2.05 bits per heavy atom. The molecule has 6 heteroatoms. The van der Waals surface area contributed by atoms with Crippen LogP contribution in [0.3, 0.4) is 0 Å². The summed E-state index contributed by atoms with van der Waals surface area (Å²) in [5, 5.41) is 5.55. The second-order valence-electron chi connectivity index (χ2n) is 4.21. The van der Waals surface area contributed by atoms with Gasteiger partial charge in [-0.25, -0.2) is 9.38 Å². The van der Waals surface area contributed by atoms with Gasteiger partial charge in [0.25, 0.3) is 0 Å². The Morgan fingerprint density at radius 3 is 2.63 bits per heavy atom. The minimum Gasteiger partial charge on any atom is -0.370 e. The Bertz CT molecular complexity index is 444. The molecule has 0 saturated carbocycles. The van der Waals surface area contributed by atoms with Crippen LogP contribution in [-0.2, 0) is 4.79 Å². The van der Waals surface area contributed by atoms with Crippen LogP contribution in [0.1, 0.15) is 20.3 Å². The SMILES string of the molecule is CCC(C)NC(N)=NCC(=O)Nc1ccc(F)cc1. The Morgan fingerprint density at radius 1 is 1.42 bits per heavy atom. The van der Waals surface area contributed by atoms with Crippen molar-refractivity contribution in [3.05, 3.63) is 30.1 Å². The number of nitrogens with two attached hydrogens (primary N) is 1. The molecule has 1 aromatic rings. The maximum atomic E-state index is 12.7. The van der Waals surface area contributed by atoms with Crippen LogP contribution >= 0.6 is 0 Å². The summed E-state index contributed by atoms with van der Waals surface area (Å²) in [4.78, 5) is 15.5. The number of rotatable bonds is 5. The first kappa shape index (κ1) is 14.9. The van der Waals surface area contributed by atoms with Crippen LogP contribution in [0.2, 0.25) is 0 Å². The van der Waals surface area contributed by atoms with Gasteiger partial charge in [0.2, 0.25) is 5.91 Å². The molecule has 1 amide bonds. The van der Waals surface area contributed by atoms with Crippen molar-refractivity contribution < 1.29 is 9.18 Å². The van der Waals surface area contributed by atoms with Gasteiger partial charge in [-0.05, 0) is 37.6 Å². The van der Waals surface area contributed by atoms with Crippen LogP contribution in [0.4, 0.5) is 10.1 Å². The van der Waals surface area contributed by atoms with Crippen LogP contribution in [0.25, 0.3) is 0 Å². The van der Waals surface area contributed by atoms with Gasteiger partial charge in [0.05, 0.1) is 0 Å². The van der Waals surface area contributed by atoms with Gasteiger partial charge in [-0.1, -0.05) is 6.92 Å². The fourth-order valence-corrected chi connectivity index (χ4v) is 1.29. The van der Waals surface area contributed by atoms with Gasteiger partial charge < -0.3 is 16.4 Å². The van der Waals surface area contributed by atoms with Gasteiger partial charge >= 0.3 is 0 Å². The first-order valence-electron chi connectivity index (χ1n) is 6.13. The number of hydrogen-bond acceptors (Lipinski definition) is 2. The molecule has 0 spiro atoms. The van der Waals surface area contributed by atoms with Gasteiger partial charge in [0.15, 0.2) is 5.96 Å². The van der Waals surface area contributed by atoms with E-state index in [1.54, 1.807) is 0 Å². The van der Waals surface area contributed by atoms with Crippen molar-refractivity contribution in [1.29, 1.82) is 0 Å². The molecule has 4 N–H and O–H groups in total. The van der Waals surface area contributed by atoms with Crippen LogP contribution in [-0.4, -0.2) is 24.5 Å². The molecule has 0 aliphatic carbocycles. The molecule has 104 valence electrons. The van der Waals surface area contributed by atoms with Crippen molar-refractivity contribution in [2.75, 3.05) is 11.9 Å². The number of nitrogens with one attached hydrogen (secondary N) is 2. The lowest BCUT2D eigenvalue weighted by molar-refractivity contribution is -0.114. The second-order valence-corrected chi connectivity index (χ2v) is 4.21. The number of aliphatic imine (C=N–C) groups is 1. The van der Waals surface area contributed by atoms with E-state index in [1.807, 2.05) is 13.8 Å². The van der Waals surface area contributed by atoms with Crippen molar-refractivity contribution in [1.82, 2.24) is 5.32 Å². The molecule has 0 radical (unpaired) electrons. The van der Waals surface area contributed by atoms with Gasteiger partial charge in [0.1, 0.15) is 12.4 Å². The maximum absolute atomic E-state index is 12.7. The lowest BCUT2D eigenvalue weighted by Gasteiger charge is -2.11. The zero-order valence-corrected chi connectivity index (χ0v) is 11.1. The lowest BCUT2D eigenvalue weighted by atomic mass is 10.3. The third kappa shape index (κ3) is 5.85. The van der Waals surface area contributed by atoms with E-state index >= 15 is 0 Å². The molecule has 0 bridgehead atoms. The van der Waals surface area contributed by atoms with Crippen molar-refractivity contribution >= 4 is 17.6 Å². The molecule has 1 rings (SSSR count). The number of hydrogen-bond donors (Lipinski definition) is 3. The first-order chi connectivity index (χ1) is 9.01. The van der Waals surface area contributed by atoms with Crippen molar-refractivity contribution in [3.63, 3.8) is 0 Å². The topological polar surface area (TPSA) is 79.5 Å². The largest absolute Gasteiger partial charge is 0.370 e. The zero-order chi connectivity index (χ0) is 14.3. The van der Waals surface area contributed by atoms with E-state index in [4.69, 9.17) is 5.73 Å². The van der Waals surface area contributed by atoms with E-state index in [0.717, 1.165) is 6.42 Å². The molecule has 1 aromatic carbocycles. The number of carbonyl (C=O) groups excluding carboxylic acids is 1. The number of halogens is 1. The van der Waals surface area contributed by atoms with Crippen molar-refractivity contribution in [2.45, 2.75) is 26.3 Å². The summed E-state index contributed by atoms with van der Waals surface area (Å²) < 4.78 is 12.7. The van der Waals surface area contributed by atoms with Gasteiger partial charge in [0, 0.05) is 11.7 Å². The van der Waals surface area contributed by atoms with E-state index in [0.29, 0.717) is 5.69 Å². The predicted molar refractivity (Wildman–Crippen MR) is 74.4 cm³/mol. The standard InChI is InChI=1S/C13H19FN4O/c1-3-9(2)17-13(15)16-8-12(19)18-11-6-4-10(14)5-7-11/h4-7,9H,3,8H2,1-2H3,(H,18,19)(H3,15,16,17). The Balaban J connectivity index is 2.43. The quantitative estimate of drug-likeness (QED) is 0.557. The number of carbonyl (C=O) groups is 1. The van der Waals surface area contributed by atoms with Crippen molar-refractivity contribution in [3.8, 4) is 0 Å². The number of benzene rings is 1. The molecular formula is C13H19FN4O. The van der Waals surface area contributed by atoms with E-state index in [2.05, 4.69) is 15.6 Å². The highest BCUT2D eigenvalue weighted by molar-refractivity contribution is 5.93. The smallest absolute Gasteiger partial charge is 0.246 e. The van der Waals surface area contributed by atoms with E-state index in [-0.39, 0.29) is 30.3 Å². The normalized spacial score (nSPS) is 12.9. The summed E-state index contributed by atoms with van der Waals surface area (Å²) in [7, 11) is 0. The van der Waals surface area contributed by atoms with Crippen molar-refractivity contribution in [2.24, 2.45) is 10.7 Å².